The van der Waals surface area contributed by atoms with Gasteiger partial charge in [-0.05, 0) is 26.7 Å². The maximum Gasteiger partial charge on any atom is 0.236 e. The van der Waals surface area contributed by atoms with Gasteiger partial charge in [0.15, 0.2) is 5.96 Å². The second kappa shape index (κ2) is 9.41. The number of hydrogen-bond acceptors (Lipinski definition) is 5. The highest BCUT2D eigenvalue weighted by atomic mass is 16.5. The molecule has 8 nitrogen and oxygen atoms in total. The minimum absolute atomic E-state index is 0.279. The van der Waals surface area contributed by atoms with Gasteiger partial charge in [-0.2, -0.15) is 0 Å². The van der Waals surface area contributed by atoms with Gasteiger partial charge >= 0.3 is 0 Å². The van der Waals surface area contributed by atoms with Gasteiger partial charge in [0.05, 0.1) is 12.2 Å². The molecule has 156 valence electrons. The summed E-state index contributed by atoms with van der Waals surface area (Å²) in [5.74, 6) is 2.38. The second-order valence-electron chi connectivity index (χ2n) is 7.92. The molecule has 0 radical (unpaired) electrons. The smallest absolute Gasteiger partial charge is 0.236 e. The van der Waals surface area contributed by atoms with Gasteiger partial charge in [0.25, 0.3) is 0 Å². The first-order valence-electron chi connectivity index (χ1n) is 10.4. The average Bonchev–Trinajstić information content (AvgIpc) is 3.33. The summed E-state index contributed by atoms with van der Waals surface area (Å²) in [7, 11) is 1.83. The molecule has 28 heavy (non-hydrogen) atoms. The van der Waals surface area contributed by atoms with Crippen LogP contribution in [0.3, 0.4) is 0 Å². The van der Waals surface area contributed by atoms with Gasteiger partial charge < -0.3 is 19.6 Å². The summed E-state index contributed by atoms with van der Waals surface area (Å²) in [5.41, 5.74) is 2.13. The Labute approximate surface area is 167 Å². The van der Waals surface area contributed by atoms with Crippen molar-refractivity contribution in [2.24, 2.45) is 4.99 Å². The number of piperazine rings is 1. The number of guanidine groups is 1. The van der Waals surface area contributed by atoms with Crippen LogP contribution in [0.1, 0.15) is 42.7 Å². The fourth-order valence-electron chi connectivity index (χ4n) is 4.25. The first kappa shape index (κ1) is 20.6. The van der Waals surface area contributed by atoms with E-state index >= 15 is 0 Å². The summed E-state index contributed by atoms with van der Waals surface area (Å²) in [6, 6.07) is 0. The molecule has 3 rings (SSSR count). The number of likely N-dealkylation sites (tertiary alicyclic amines) is 1. The number of nitrogens with one attached hydrogen (secondary N) is 1. The fraction of sp³-hybridized carbons (Fsp3) is 0.750. The van der Waals surface area contributed by atoms with Gasteiger partial charge in [0.2, 0.25) is 5.91 Å². The van der Waals surface area contributed by atoms with E-state index in [9.17, 15) is 4.79 Å². The van der Waals surface area contributed by atoms with Crippen LogP contribution in [0.5, 0.6) is 0 Å². The van der Waals surface area contributed by atoms with E-state index in [1.54, 1.807) is 0 Å². The third-order valence-electron chi connectivity index (χ3n) is 5.85. The van der Waals surface area contributed by atoms with Crippen LogP contribution in [0.15, 0.2) is 9.52 Å². The van der Waals surface area contributed by atoms with E-state index < -0.39 is 0 Å². The maximum absolute atomic E-state index is 12.4. The molecule has 8 heteroatoms. The summed E-state index contributed by atoms with van der Waals surface area (Å²) in [6.45, 7) is 12.8. The molecule has 0 saturated carbocycles. The van der Waals surface area contributed by atoms with Crippen LogP contribution in [0.2, 0.25) is 0 Å². The predicted octanol–water partition coefficient (Wildman–Crippen LogP) is 1.21. The van der Waals surface area contributed by atoms with E-state index in [1.165, 1.54) is 5.56 Å². The highest BCUT2D eigenvalue weighted by Crippen LogP contribution is 2.22. The molecule has 0 spiro atoms. The number of hydrogen-bond donors (Lipinski definition) is 1. The third kappa shape index (κ3) is 4.84. The number of carbonyl (C=O) groups is 1. The van der Waals surface area contributed by atoms with Crippen LogP contribution in [0, 0.1) is 13.8 Å². The Kier molecular flexibility index (Phi) is 6.93. The summed E-state index contributed by atoms with van der Waals surface area (Å²) in [6.07, 6.45) is 2.29. The molecule has 1 aromatic rings. The van der Waals surface area contributed by atoms with Gasteiger partial charge in [-0.3, -0.25) is 14.7 Å². The van der Waals surface area contributed by atoms with E-state index in [0.717, 1.165) is 76.1 Å². The minimum atomic E-state index is 0.279. The van der Waals surface area contributed by atoms with Crippen LogP contribution in [0.25, 0.3) is 0 Å². The standard InChI is InChI=1S/C20H34N6O2/c1-15(19-16(2)23-28-17(19)3)13-22-20(21-4)26-11-9-24(10-12-26)14-18(27)25-7-5-6-8-25/h15H,5-14H2,1-4H3,(H,21,22). The van der Waals surface area contributed by atoms with Crippen LogP contribution < -0.4 is 5.32 Å². The number of aliphatic imine (C=N–C) groups is 1. The molecule has 1 unspecified atom stereocenters. The molecule has 1 amide bonds. The van der Waals surface area contributed by atoms with Gasteiger partial charge in [0.1, 0.15) is 5.76 Å². The number of amides is 1. The molecular formula is C20H34N6O2. The highest BCUT2D eigenvalue weighted by Gasteiger charge is 2.25. The lowest BCUT2D eigenvalue weighted by Crippen LogP contribution is -2.54. The maximum atomic E-state index is 12.4. The van der Waals surface area contributed by atoms with Gasteiger partial charge in [-0.25, -0.2) is 0 Å². The Morgan fingerprint density at radius 2 is 1.82 bits per heavy atom. The van der Waals surface area contributed by atoms with Crippen molar-refractivity contribution in [3.05, 3.63) is 17.0 Å². The molecule has 2 fully saturated rings. The lowest BCUT2D eigenvalue weighted by Gasteiger charge is -2.37. The molecule has 0 aromatic carbocycles. The number of rotatable bonds is 5. The van der Waals surface area contributed by atoms with Crippen molar-refractivity contribution in [2.45, 2.75) is 39.5 Å². The van der Waals surface area contributed by atoms with Crippen LogP contribution in [0.4, 0.5) is 0 Å². The molecule has 2 aliphatic rings. The summed E-state index contributed by atoms with van der Waals surface area (Å²) in [4.78, 5) is 23.3. The van der Waals surface area contributed by atoms with Crippen molar-refractivity contribution >= 4 is 11.9 Å². The monoisotopic (exact) mass is 390 g/mol. The van der Waals surface area contributed by atoms with Gasteiger partial charge in [0, 0.05) is 64.3 Å². The van der Waals surface area contributed by atoms with Crippen molar-refractivity contribution in [3.63, 3.8) is 0 Å². The molecule has 1 aromatic heterocycles. The Morgan fingerprint density at radius 3 is 2.39 bits per heavy atom. The topological polar surface area (TPSA) is 77.2 Å². The fourth-order valence-corrected chi connectivity index (χ4v) is 4.25. The largest absolute Gasteiger partial charge is 0.361 e. The SMILES string of the molecule is CN=C(NCC(C)c1c(C)noc1C)N1CCN(CC(=O)N2CCCC2)CC1. The molecule has 2 aliphatic heterocycles. The molecule has 2 saturated heterocycles. The lowest BCUT2D eigenvalue weighted by molar-refractivity contribution is -0.131. The quantitative estimate of drug-likeness (QED) is 0.602. The summed E-state index contributed by atoms with van der Waals surface area (Å²) >= 11 is 0. The minimum Gasteiger partial charge on any atom is -0.361 e. The van der Waals surface area contributed by atoms with E-state index in [0.29, 0.717) is 12.5 Å². The van der Waals surface area contributed by atoms with Crippen molar-refractivity contribution in [1.82, 2.24) is 25.2 Å². The van der Waals surface area contributed by atoms with E-state index in [2.05, 4.69) is 32.2 Å². The van der Waals surface area contributed by atoms with Crippen LogP contribution in [-0.4, -0.2) is 91.1 Å². The zero-order valence-electron chi connectivity index (χ0n) is 17.7. The lowest BCUT2D eigenvalue weighted by atomic mass is 10.00. The Morgan fingerprint density at radius 1 is 1.14 bits per heavy atom. The van der Waals surface area contributed by atoms with Crippen molar-refractivity contribution < 1.29 is 9.32 Å². The number of aromatic nitrogens is 1. The summed E-state index contributed by atoms with van der Waals surface area (Å²) in [5, 5.41) is 7.55. The number of carbonyl (C=O) groups excluding carboxylic acids is 1. The van der Waals surface area contributed by atoms with Gasteiger partial charge in [-0.1, -0.05) is 12.1 Å². The van der Waals surface area contributed by atoms with Crippen molar-refractivity contribution in [1.29, 1.82) is 0 Å². The Bertz CT molecular complexity index is 667. The van der Waals surface area contributed by atoms with Gasteiger partial charge in [-0.15, -0.1) is 0 Å². The zero-order valence-corrected chi connectivity index (χ0v) is 17.7. The predicted molar refractivity (Wildman–Crippen MR) is 110 cm³/mol. The van der Waals surface area contributed by atoms with Crippen LogP contribution in [-0.2, 0) is 4.79 Å². The van der Waals surface area contributed by atoms with E-state index in [-0.39, 0.29) is 5.91 Å². The Balaban J connectivity index is 1.45. The second-order valence-corrected chi connectivity index (χ2v) is 7.92. The molecule has 1 atom stereocenters. The molecule has 3 heterocycles. The normalized spacial score (nSPS) is 19.9. The first-order chi connectivity index (χ1) is 13.5. The van der Waals surface area contributed by atoms with E-state index in [1.807, 2.05) is 25.8 Å². The van der Waals surface area contributed by atoms with Crippen LogP contribution >= 0.6 is 0 Å². The first-order valence-corrected chi connectivity index (χ1v) is 10.4. The van der Waals surface area contributed by atoms with Crippen molar-refractivity contribution in [3.8, 4) is 0 Å². The third-order valence-corrected chi connectivity index (χ3v) is 5.85. The van der Waals surface area contributed by atoms with E-state index in [4.69, 9.17) is 4.52 Å². The number of aryl methyl sites for hydroxylation is 2. The Hall–Kier alpha value is -2.09. The summed E-state index contributed by atoms with van der Waals surface area (Å²) < 4.78 is 5.29. The zero-order chi connectivity index (χ0) is 20.1. The molecular weight excluding hydrogens is 356 g/mol. The average molecular weight is 391 g/mol. The van der Waals surface area contributed by atoms with Crippen molar-refractivity contribution in [2.75, 3.05) is 59.4 Å². The molecule has 1 N–H and O–H groups in total. The number of nitrogens with zero attached hydrogens (tertiary/aromatic N) is 5. The molecule has 0 aliphatic carbocycles. The molecule has 0 bridgehead atoms. The highest BCUT2D eigenvalue weighted by molar-refractivity contribution is 5.80.